The fourth-order valence-electron chi connectivity index (χ4n) is 3.08. The third-order valence-corrected chi connectivity index (χ3v) is 3.93. The molecule has 0 amide bonds. The minimum absolute atomic E-state index is 0.524. The van der Waals surface area contributed by atoms with E-state index < -0.39 is 0 Å². The van der Waals surface area contributed by atoms with Gasteiger partial charge in [0.05, 0.1) is 12.8 Å². The second-order valence-corrected chi connectivity index (χ2v) is 6.04. The number of rotatable bonds is 3. The normalized spacial score (nSPS) is 27.9. The largest absolute Gasteiger partial charge is 0.495 e. The lowest BCUT2D eigenvalue weighted by Gasteiger charge is -2.33. The van der Waals surface area contributed by atoms with Crippen LogP contribution in [-0.4, -0.2) is 13.2 Å². The first-order chi connectivity index (χ1) is 8.58. The Kier molecular flexibility index (Phi) is 4.39. The molecule has 0 bridgehead atoms. The Hall–Kier alpha value is -0.890. The molecule has 0 saturated heterocycles. The molecule has 2 unspecified atom stereocenters. The van der Waals surface area contributed by atoms with Gasteiger partial charge >= 0.3 is 0 Å². The van der Waals surface area contributed by atoms with Crippen molar-refractivity contribution in [2.75, 3.05) is 12.4 Å². The van der Waals surface area contributed by atoms with E-state index in [1.54, 1.807) is 7.11 Å². The summed E-state index contributed by atoms with van der Waals surface area (Å²) < 4.78 is 5.37. The zero-order valence-electron chi connectivity index (χ0n) is 11.4. The summed E-state index contributed by atoms with van der Waals surface area (Å²) in [7, 11) is 1.69. The zero-order chi connectivity index (χ0) is 13.1. The number of halogens is 1. The lowest BCUT2D eigenvalue weighted by molar-refractivity contribution is 0.280. The smallest absolute Gasteiger partial charge is 0.142 e. The maximum absolute atomic E-state index is 6.05. The van der Waals surface area contributed by atoms with Crippen LogP contribution in [0.15, 0.2) is 18.2 Å². The topological polar surface area (TPSA) is 21.3 Å². The van der Waals surface area contributed by atoms with Crippen molar-refractivity contribution in [1.29, 1.82) is 0 Å². The Labute approximate surface area is 115 Å². The second-order valence-electron chi connectivity index (χ2n) is 5.60. The molecule has 0 heterocycles. The standard InChI is InChI=1S/C15H22ClNO/c1-10-6-11(2)8-13(7-10)17-14-9-12(16)4-5-15(14)18-3/h4-5,9-11,13,17H,6-8H2,1-3H3. The van der Waals surface area contributed by atoms with Crippen molar-refractivity contribution in [3.63, 3.8) is 0 Å². The van der Waals surface area contributed by atoms with E-state index in [1.165, 1.54) is 19.3 Å². The molecule has 100 valence electrons. The van der Waals surface area contributed by atoms with Crippen molar-refractivity contribution in [3.8, 4) is 5.75 Å². The van der Waals surface area contributed by atoms with E-state index in [1.807, 2.05) is 18.2 Å². The van der Waals surface area contributed by atoms with Crippen LogP contribution < -0.4 is 10.1 Å². The third kappa shape index (κ3) is 3.32. The molecule has 2 atom stereocenters. The fourth-order valence-corrected chi connectivity index (χ4v) is 3.25. The lowest BCUT2D eigenvalue weighted by Crippen LogP contribution is -2.30. The van der Waals surface area contributed by atoms with Gasteiger partial charge in [0, 0.05) is 11.1 Å². The molecular formula is C15H22ClNO. The van der Waals surface area contributed by atoms with Crippen molar-refractivity contribution in [2.45, 2.75) is 39.2 Å². The van der Waals surface area contributed by atoms with E-state index in [2.05, 4.69) is 19.2 Å². The predicted octanol–water partition coefficient (Wildman–Crippen LogP) is 4.59. The molecule has 1 fully saturated rings. The highest BCUT2D eigenvalue weighted by Gasteiger charge is 2.24. The van der Waals surface area contributed by atoms with Gasteiger partial charge in [-0.2, -0.15) is 0 Å². The molecular weight excluding hydrogens is 246 g/mol. The highest BCUT2D eigenvalue weighted by molar-refractivity contribution is 6.30. The summed E-state index contributed by atoms with van der Waals surface area (Å²) in [5.41, 5.74) is 1.01. The molecule has 1 aromatic rings. The van der Waals surface area contributed by atoms with E-state index in [4.69, 9.17) is 16.3 Å². The number of hydrogen-bond donors (Lipinski definition) is 1. The van der Waals surface area contributed by atoms with Gasteiger partial charge < -0.3 is 10.1 Å². The molecule has 0 aromatic heterocycles. The zero-order valence-corrected chi connectivity index (χ0v) is 12.1. The molecule has 2 rings (SSSR count). The first-order valence-electron chi connectivity index (χ1n) is 6.68. The Morgan fingerprint density at radius 1 is 1.17 bits per heavy atom. The first kappa shape index (κ1) is 13.5. The first-order valence-corrected chi connectivity index (χ1v) is 7.06. The minimum atomic E-state index is 0.524. The Balaban J connectivity index is 2.10. The number of ether oxygens (including phenoxy) is 1. The molecule has 1 saturated carbocycles. The highest BCUT2D eigenvalue weighted by Crippen LogP contribution is 2.34. The van der Waals surface area contributed by atoms with Crippen LogP contribution in [0.25, 0.3) is 0 Å². The van der Waals surface area contributed by atoms with Crippen LogP contribution in [0.5, 0.6) is 5.75 Å². The number of nitrogens with one attached hydrogen (secondary N) is 1. The van der Waals surface area contributed by atoms with Crippen LogP contribution in [0.2, 0.25) is 5.02 Å². The van der Waals surface area contributed by atoms with Crippen LogP contribution in [0, 0.1) is 11.8 Å². The number of anilines is 1. The van der Waals surface area contributed by atoms with Gasteiger partial charge in [0.25, 0.3) is 0 Å². The average molecular weight is 268 g/mol. The van der Waals surface area contributed by atoms with Gasteiger partial charge in [-0.1, -0.05) is 25.4 Å². The third-order valence-electron chi connectivity index (χ3n) is 3.70. The molecule has 1 aliphatic carbocycles. The average Bonchev–Trinajstić information content (AvgIpc) is 2.27. The summed E-state index contributed by atoms with van der Waals surface area (Å²) in [6, 6.07) is 6.25. The fraction of sp³-hybridized carbons (Fsp3) is 0.600. The summed E-state index contributed by atoms with van der Waals surface area (Å²) in [6.45, 7) is 4.67. The van der Waals surface area contributed by atoms with Crippen molar-refractivity contribution in [2.24, 2.45) is 11.8 Å². The van der Waals surface area contributed by atoms with E-state index >= 15 is 0 Å². The monoisotopic (exact) mass is 267 g/mol. The van der Waals surface area contributed by atoms with Crippen LogP contribution in [-0.2, 0) is 0 Å². The SMILES string of the molecule is COc1ccc(Cl)cc1NC1CC(C)CC(C)C1. The summed E-state index contributed by atoms with van der Waals surface area (Å²) in [5, 5.41) is 4.34. The van der Waals surface area contributed by atoms with Crippen molar-refractivity contribution in [1.82, 2.24) is 0 Å². The second kappa shape index (κ2) is 5.83. The van der Waals surface area contributed by atoms with Crippen LogP contribution in [0.3, 0.4) is 0 Å². The van der Waals surface area contributed by atoms with Crippen molar-refractivity contribution >= 4 is 17.3 Å². The maximum atomic E-state index is 6.05. The molecule has 3 heteroatoms. The Morgan fingerprint density at radius 2 is 1.83 bits per heavy atom. The van der Waals surface area contributed by atoms with Crippen LogP contribution in [0.4, 0.5) is 5.69 Å². The molecule has 2 nitrogen and oxygen atoms in total. The minimum Gasteiger partial charge on any atom is -0.495 e. The van der Waals surface area contributed by atoms with E-state index in [0.717, 1.165) is 28.3 Å². The maximum Gasteiger partial charge on any atom is 0.142 e. The van der Waals surface area contributed by atoms with Crippen LogP contribution in [0.1, 0.15) is 33.1 Å². The highest BCUT2D eigenvalue weighted by atomic mass is 35.5. The summed E-state index contributed by atoms with van der Waals surface area (Å²) >= 11 is 6.05. The summed E-state index contributed by atoms with van der Waals surface area (Å²) in [5.74, 6) is 2.44. The van der Waals surface area contributed by atoms with E-state index in [-0.39, 0.29) is 0 Å². The van der Waals surface area contributed by atoms with Gasteiger partial charge in [-0.25, -0.2) is 0 Å². The molecule has 0 spiro atoms. The molecule has 0 radical (unpaired) electrons. The van der Waals surface area contributed by atoms with Gasteiger partial charge in [-0.15, -0.1) is 0 Å². The molecule has 1 aromatic carbocycles. The van der Waals surface area contributed by atoms with Gasteiger partial charge in [0.1, 0.15) is 5.75 Å². The number of benzene rings is 1. The van der Waals surface area contributed by atoms with E-state index in [9.17, 15) is 0 Å². The molecule has 18 heavy (non-hydrogen) atoms. The van der Waals surface area contributed by atoms with Gasteiger partial charge in [-0.3, -0.25) is 0 Å². The van der Waals surface area contributed by atoms with Gasteiger partial charge in [0.2, 0.25) is 0 Å². The van der Waals surface area contributed by atoms with Gasteiger partial charge in [0.15, 0.2) is 0 Å². The Bertz CT molecular complexity index is 397. The summed E-state index contributed by atoms with van der Waals surface area (Å²) in [4.78, 5) is 0. The molecule has 0 aliphatic heterocycles. The van der Waals surface area contributed by atoms with Gasteiger partial charge in [-0.05, 0) is 49.3 Å². The quantitative estimate of drug-likeness (QED) is 0.865. The summed E-state index contributed by atoms with van der Waals surface area (Å²) in [6.07, 6.45) is 3.78. The molecule has 1 aliphatic rings. The number of hydrogen-bond acceptors (Lipinski definition) is 2. The molecule has 1 N–H and O–H groups in total. The lowest BCUT2D eigenvalue weighted by atomic mass is 9.80. The van der Waals surface area contributed by atoms with Crippen LogP contribution >= 0.6 is 11.6 Å². The van der Waals surface area contributed by atoms with Crippen molar-refractivity contribution < 1.29 is 4.74 Å². The van der Waals surface area contributed by atoms with Crippen molar-refractivity contribution in [3.05, 3.63) is 23.2 Å². The number of methoxy groups -OCH3 is 1. The predicted molar refractivity (Wildman–Crippen MR) is 77.6 cm³/mol. The Morgan fingerprint density at radius 3 is 2.44 bits per heavy atom. The van der Waals surface area contributed by atoms with E-state index in [0.29, 0.717) is 6.04 Å².